The maximum Gasteiger partial charge on any atom is 0.293 e. The van der Waals surface area contributed by atoms with Crippen molar-refractivity contribution in [2.45, 2.75) is 47.2 Å². The highest BCUT2D eigenvalue weighted by atomic mass is 16.1. The molecule has 4 nitrogen and oxygen atoms in total. The van der Waals surface area contributed by atoms with Crippen LogP contribution in [0.15, 0.2) is 17.2 Å². The van der Waals surface area contributed by atoms with Crippen molar-refractivity contribution in [2.24, 2.45) is 11.8 Å². The molecule has 1 unspecified atom stereocenters. The Kier molecular flexibility index (Phi) is 4.73. The van der Waals surface area contributed by atoms with E-state index >= 15 is 0 Å². The zero-order chi connectivity index (χ0) is 13.0. The van der Waals surface area contributed by atoms with Gasteiger partial charge in [-0.25, -0.2) is 4.98 Å². The Morgan fingerprint density at radius 1 is 1.29 bits per heavy atom. The van der Waals surface area contributed by atoms with Crippen molar-refractivity contribution in [1.29, 1.82) is 0 Å². The largest absolute Gasteiger partial charge is 0.363 e. The SMILES string of the molecule is CC(C)Cn1ccnc(NC(C)C(C)C)c1=O. The van der Waals surface area contributed by atoms with E-state index < -0.39 is 0 Å². The summed E-state index contributed by atoms with van der Waals surface area (Å²) in [6, 6.07) is 0.241. The second-order valence-corrected chi connectivity index (χ2v) is 5.30. The van der Waals surface area contributed by atoms with E-state index in [-0.39, 0.29) is 11.6 Å². The molecule has 0 saturated heterocycles. The summed E-state index contributed by atoms with van der Waals surface area (Å²) in [6.45, 7) is 11.2. The monoisotopic (exact) mass is 237 g/mol. The van der Waals surface area contributed by atoms with Crippen LogP contribution in [0.5, 0.6) is 0 Å². The molecule has 1 aromatic rings. The Morgan fingerprint density at radius 2 is 1.94 bits per heavy atom. The fraction of sp³-hybridized carbons (Fsp3) is 0.692. The lowest BCUT2D eigenvalue weighted by atomic mass is 10.1. The van der Waals surface area contributed by atoms with Crippen molar-refractivity contribution in [3.05, 3.63) is 22.7 Å². The average Bonchev–Trinajstić information content (AvgIpc) is 2.23. The molecule has 0 fully saturated rings. The molecule has 0 spiro atoms. The predicted octanol–water partition coefficient (Wildman–Crippen LogP) is 2.36. The van der Waals surface area contributed by atoms with Crippen LogP contribution in [-0.4, -0.2) is 15.6 Å². The number of rotatable bonds is 5. The van der Waals surface area contributed by atoms with Crippen LogP contribution in [-0.2, 0) is 6.54 Å². The van der Waals surface area contributed by atoms with Crippen LogP contribution in [0.25, 0.3) is 0 Å². The summed E-state index contributed by atoms with van der Waals surface area (Å²) < 4.78 is 1.72. The van der Waals surface area contributed by atoms with Crippen molar-refractivity contribution in [3.63, 3.8) is 0 Å². The van der Waals surface area contributed by atoms with Gasteiger partial charge in [-0.05, 0) is 18.8 Å². The van der Waals surface area contributed by atoms with Crippen LogP contribution >= 0.6 is 0 Å². The molecule has 0 bridgehead atoms. The standard InChI is InChI=1S/C13H23N3O/c1-9(2)8-16-7-6-14-12(13(16)17)15-11(5)10(3)4/h6-7,9-11H,8H2,1-5H3,(H,14,15). The van der Waals surface area contributed by atoms with E-state index in [4.69, 9.17) is 0 Å². The first-order chi connectivity index (χ1) is 7.91. The van der Waals surface area contributed by atoms with Gasteiger partial charge in [-0.3, -0.25) is 4.79 Å². The molecule has 0 amide bonds. The Morgan fingerprint density at radius 3 is 2.47 bits per heavy atom. The van der Waals surface area contributed by atoms with Crippen molar-refractivity contribution in [3.8, 4) is 0 Å². The summed E-state index contributed by atoms with van der Waals surface area (Å²) in [5.41, 5.74) is -0.0336. The zero-order valence-electron chi connectivity index (χ0n) is 11.4. The minimum Gasteiger partial charge on any atom is -0.363 e. The molecule has 0 aromatic carbocycles. The van der Waals surface area contributed by atoms with Gasteiger partial charge in [-0.1, -0.05) is 27.7 Å². The number of hydrogen-bond acceptors (Lipinski definition) is 3. The summed E-state index contributed by atoms with van der Waals surface area (Å²) in [5, 5.41) is 3.18. The van der Waals surface area contributed by atoms with E-state index in [2.05, 4.69) is 44.9 Å². The normalized spacial score (nSPS) is 13.1. The average molecular weight is 237 g/mol. The zero-order valence-corrected chi connectivity index (χ0v) is 11.4. The molecule has 0 radical (unpaired) electrons. The van der Waals surface area contributed by atoms with E-state index in [1.54, 1.807) is 17.0 Å². The molecule has 0 saturated carbocycles. The Bertz CT molecular complexity index is 409. The summed E-state index contributed by atoms with van der Waals surface area (Å²) in [4.78, 5) is 16.2. The number of hydrogen-bond donors (Lipinski definition) is 1. The molecular weight excluding hydrogens is 214 g/mol. The van der Waals surface area contributed by atoms with Gasteiger partial charge in [0, 0.05) is 25.0 Å². The highest BCUT2D eigenvalue weighted by Crippen LogP contribution is 2.06. The first-order valence-corrected chi connectivity index (χ1v) is 6.23. The van der Waals surface area contributed by atoms with Crippen LogP contribution in [0, 0.1) is 11.8 Å². The minimum absolute atomic E-state index is 0.0336. The second-order valence-electron chi connectivity index (χ2n) is 5.30. The van der Waals surface area contributed by atoms with Crippen molar-refractivity contribution in [2.75, 3.05) is 5.32 Å². The van der Waals surface area contributed by atoms with Crippen LogP contribution in [0.2, 0.25) is 0 Å². The Hall–Kier alpha value is -1.32. The van der Waals surface area contributed by atoms with Gasteiger partial charge in [0.2, 0.25) is 0 Å². The molecule has 1 heterocycles. The second kappa shape index (κ2) is 5.84. The van der Waals surface area contributed by atoms with Crippen LogP contribution in [0.4, 0.5) is 5.82 Å². The molecule has 96 valence electrons. The highest BCUT2D eigenvalue weighted by Gasteiger charge is 2.11. The summed E-state index contributed by atoms with van der Waals surface area (Å²) in [6.07, 6.45) is 3.42. The van der Waals surface area contributed by atoms with Crippen LogP contribution < -0.4 is 10.9 Å². The maximum absolute atomic E-state index is 12.1. The Labute approximate surface area is 103 Å². The maximum atomic E-state index is 12.1. The van der Waals surface area contributed by atoms with Crippen molar-refractivity contribution >= 4 is 5.82 Å². The van der Waals surface area contributed by atoms with Gasteiger partial charge in [0.05, 0.1) is 0 Å². The molecule has 1 aromatic heterocycles. The number of aromatic nitrogens is 2. The molecule has 1 rings (SSSR count). The fourth-order valence-electron chi connectivity index (χ4n) is 1.47. The van der Waals surface area contributed by atoms with Crippen molar-refractivity contribution in [1.82, 2.24) is 9.55 Å². The van der Waals surface area contributed by atoms with Gasteiger partial charge in [0.25, 0.3) is 5.56 Å². The molecule has 1 atom stereocenters. The molecule has 0 aliphatic rings. The lowest BCUT2D eigenvalue weighted by Crippen LogP contribution is -2.30. The molecular formula is C13H23N3O. The lowest BCUT2D eigenvalue weighted by molar-refractivity contribution is 0.507. The third-order valence-corrected chi connectivity index (χ3v) is 2.84. The van der Waals surface area contributed by atoms with Gasteiger partial charge < -0.3 is 9.88 Å². The summed E-state index contributed by atoms with van der Waals surface area (Å²) >= 11 is 0. The summed E-state index contributed by atoms with van der Waals surface area (Å²) in [5.74, 6) is 1.37. The van der Waals surface area contributed by atoms with E-state index in [9.17, 15) is 4.79 Å². The van der Waals surface area contributed by atoms with Crippen LogP contribution in [0.1, 0.15) is 34.6 Å². The van der Waals surface area contributed by atoms with E-state index in [0.717, 1.165) is 6.54 Å². The smallest absolute Gasteiger partial charge is 0.293 e. The minimum atomic E-state index is -0.0336. The highest BCUT2D eigenvalue weighted by molar-refractivity contribution is 5.32. The fourth-order valence-corrected chi connectivity index (χ4v) is 1.47. The Balaban J connectivity index is 2.91. The van der Waals surface area contributed by atoms with E-state index in [1.807, 2.05) is 0 Å². The summed E-state index contributed by atoms with van der Waals surface area (Å²) in [7, 11) is 0. The third-order valence-electron chi connectivity index (χ3n) is 2.84. The van der Waals surface area contributed by atoms with Gasteiger partial charge in [0.1, 0.15) is 0 Å². The van der Waals surface area contributed by atoms with Gasteiger partial charge in [0.15, 0.2) is 5.82 Å². The first kappa shape index (κ1) is 13.7. The predicted molar refractivity (Wildman–Crippen MR) is 71.3 cm³/mol. The third kappa shape index (κ3) is 3.88. The van der Waals surface area contributed by atoms with Gasteiger partial charge in [-0.2, -0.15) is 0 Å². The van der Waals surface area contributed by atoms with Crippen molar-refractivity contribution < 1.29 is 0 Å². The van der Waals surface area contributed by atoms with Gasteiger partial charge in [-0.15, -0.1) is 0 Å². The van der Waals surface area contributed by atoms with E-state index in [1.165, 1.54) is 0 Å². The molecule has 17 heavy (non-hydrogen) atoms. The molecule has 0 aliphatic carbocycles. The van der Waals surface area contributed by atoms with Gasteiger partial charge >= 0.3 is 0 Å². The molecule has 1 N–H and O–H groups in total. The molecule has 4 heteroatoms. The quantitative estimate of drug-likeness (QED) is 0.855. The topological polar surface area (TPSA) is 46.9 Å². The molecule has 0 aliphatic heterocycles. The number of anilines is 1. The van der Waals surface area contributed by atoms with E-state index in [0.29, 0.717) is 17.7 Å². The van der Waals surface area contributed by atoms with Crippen LogP contribution in [0.3, 0.4) is 0 Å². The number of nitrogens with zero attached hydrogens (tertiary/aromatic N) is 2. The lowest BCUT2D eigenvalue weighted by Gasteiger charge is -2.18. The first-order valence-electron chi connectivity index (χ1n) is 6.23. The number of nitrogens with one attached hydrogen (secondary N) is 1.